The van der Waals surface area contributed by atoms with Crippen molar-refractivity contribution in [2.75, 3.05) is 54.4 Å². The first-order valence-electron chi connectivity index (χ1n) is 7.18. The molecule has 0 heterocycles. The fourth-order valence-electron chi connectivity index (χ4n) is 1.62. The monoisotopic (exact) mass is 295 g/mol. The zero-order valence-corrected chi connectivity index (χ0v) is 16.8. The number of hydrogen-bond acceptors (Lipinski definition) is 1. The minimum Gasteiger partial charge on any atom is -0.457 e. The summed E-state index contributed by atoms with van der Waals surface area (Å²) in [5.74, 6) is 0. The van der Waals surface area contributed by atoms with Gasteiger partial charge in [0.2, 0.25) is 0 Å². The Hall–Kier alpha value is 0.694. The van der Waals surface area contributed by atoms with Gasteiger partial charge in [-0.15, -0.1) is 14.1 Å². The first-order valence-corrected chi connectivity index (χ1v) is 10.3. The SMILES string of the molecule is [CH2-][N+](C)(C)CC[N+]([CH2-])(C)C.[CH2-][Si](C)(C)N(CC)CC.[Li+]. The predicted molar refractivity (Wildman–Crippen MR) is 90.4 cm³/mol. The molecule has 0 amide bonds. The van der Waals surface area contributed by atoms with E-state index < -0.39 is 8.24 Å². The van der Waals surface area contributed by atoms with Gasteiger partial charge >= 0.3 is 18.9 Å². The Kier molecular flexibility index (Phi) is 13.4. The van der Waals surface area contributed by atoms with Gasteiger partial charge in [-0.1, -0.05) is 26.9 Å². The molecule has 0 aliphatic carbocycles. The van der Waals surface area contributed by atoms with Crippen LogP contribution < -0.4 is 18.9 Å². The third kappa shape index (κ3) is 18.7. The van der Waals surface area contributed by atoms with Gasteiger partial charge in [-0.3, -0.25) is 0 Å². The quantitative estimate of drug-likeness (QED) is 0.367. The minimum atomic E-state index is -1.20. The Morgan fingerprint density at radius 2 is 1.10 bits per heavy atom. The summed E-state index contributed by atoms with van der Waals surface area (Å²) in [4.78, 5) is 0. The summed E-state index contributed by atoms with van der Waals surface area (Å²) < 4.78 is 4.02. The van der Waals surface area contributed by atoms with Crippen molar-refractivity contribution in [1.82, 2.24) is 4.57 Å². The Labute approximate surface area is 142 Å². The zero-order chi connectivity index (χ0) is 15.9. The molecule has 0 saturated heterocycles. The van der Waals surface area contributed by atoms with Gasteiger partial charge < -0.3 is 20.1 Å². The molecule has 118 valence electrons. The predicted octanol–water partition coefficient (Wildman–Crippen LogP) is -0.367. The molecule has 0 aromatic rings. The Morgan fingerprint density at radius 1 is 0.850 bits per heavy atom. The molecule has 0 aliphatic heterocycles. The maximum absolute atomic E-state index is 4.18. The third-order valence-electron chi connectivity index (χ3n) is 2.93. The maximum atomic E-state index is 4.18. The van der Waals surface area contributed by atoms with Crippen LogP contribution in [0.4, 0.5) is 0 Å². The van der Waals surface area contributed by atoms with Crippen LogP contribution in [0.2, 0.25) is 13.1 Å². The Bertz CT molecular complexity index is 209. The molecular formula is C15H38LiN3Si. The second kappa shape index (κ2) is 10.4. The van der Waals surface area contributed by atoms with Crippen molar-refractivity contribution in [3.63, 3.8) is 0 Å². The topological polar surface area (TPSA) is 3.24 Å². The second-order valence-electron chi connectivity index (χ2n) is 7.30. The smallest absolute Gasteiger partial charge is 0.457 e. The van der Waals surface area contributed by atoms with Gasteiger partial charge in [0.15, 0.2) is 0 Å². The van der Waals surface area contributed by atoms with Crippen molar-refractivity contribution >= 4 is 8.24 Å². The number of rotatable bonds is 6. The number of quaternary nitrogens is 2. The van der Waals surface area contributed by atoms with Gasteiger partial charge in [-0.05, 0) is 21.3 Å². The molecule has 0 N–H and O–H groups in total. The molecule has 0 unspecified atom stereocenters. The molecule has 0 spiro atoms. The van der Waals surface area contributed by atoms with Crippen molar-refractivity contribution in [3.8, 4) is 0 Å². The number of nitrogens with zero attached hydrogens (tertiary/aromatic N) is 3. The van der Waals surface area contributed by atoms with E-state index in [-0.39, 0.29) is 18.9 Å². The molecule has 0 radical (unpaired) electrons. The Balaban J connectivity index is -0.000000277. The largest absolute Gasteiger partial charge is 1.00 e. The fraction of sp³-hybridized carbons (Fsp3) is 0.800. The summed E-state index contributed by atoms with van der Waals surface area (Å²) >= 11 is 0. The zero-order valence-electron chi connectivity index (χ0n) is 15.8. The molecule has 20 heavy (non-hydrogen) atoms. The van der Waals surface area contributed by atoms with Crippen LogP contribution in [0.5, 0.6) is 0 Å². The van der Waals surface area contributed by atoms with E-state index in [0.29, 0.717) is 0 Å². The molecule has 0 aromatic heterocycles. The van der Waals surface area contributed by atoms with Gasteiger partial charge in [0, 0.05) is 28.2 Å². The van der Waals surface area contributed by atoms with Crippen molar-refractivity contribution in [3.05, 3.63) is 20.6 Å². The number of hydrogen-bond donors (Lipinski definition) is 0. The van der Waals surface area contributed by atoms with Crippen LogP contribution in [0.1, 0.15) is 13.8 Å². The van der Waals surface area contributed by atoms with Crippen molar-refractivity contribution in [2.24, 2.45) is 0 Å². The molecule has 5 heteroatoms. The summed E-state index contributed by atoms with van der Waals surface area (Å²) in [5, 5.41) is 0. The van der Waals surface area contributed by atoms with Crippen LogP contribution in [0.25, 0.3) is 0 Å². The van der Waals surface area contributed by atoms with Crippen LogP contribution in [-0.4, -0.2) is 76.1 Å². The third-order valence-corrected chi connectivity index (χ3v) is 5.27. The van der Waals surface area contributed by atoms with Gasteiger partial charge in [0.1, 0.15) is 13.1 Å². The summed E-state index contributed by atoms with van der Waals surface area (Å²) in [6.45, 7) is 17.6. The normalized spacial score (nSPS) is 12.6. The molecule has 0 aliphatic rings. The van der Waals surface area contributed by atoms with Gasteiger partial charge in [0.05, 0.1) is 0 Å². The van der Waals surface area contributed by atoms with Gasteiger partial charge in [-0.2, -0.15) is 0 Å². The van der Waals surface area contributed by atoms with E-state index in [1.165, 1.54) is 0 Å². The standard InChI is InChI=1S/C8H20N2.C7H18NSi.Li/c1-9(2,3)7-8-10(4,5)6;1-6-8(7-2)9(3,4)5;/h1,4,7-8H2,2-3,5-6H3;3,6-7H2,1-2,4-5H3;/q;-1;+1. The van der Waals surface area contributed by atoms with Gasteiger partial charge in [-0.25, -0.2) is 0 Å². The molecule has 0 fully saturated rings. The van der Waals surface area contributed by atoms with E-state index >= 15 is 0 Å². The molecule has 0 saturated carbocycles. The van der Waals surface area contributed by atoms with E-state index in [4.69, 9.17) is 0 Å². The molecule has 0 aromatic carbocycles. The van der Waals surface area contributed by atoms with Crippen molar-refractivity contribution in [1.29, 1.82) is 0 Å². The van der Waals surface area contributed by atoms with E-state index in [9.17, 15) is 0 Å². The second-order valence-corrected chi connectivity index (χ2v) is 11.6. The van der Waals surface area contributed by atoms with Crippen molar-refractivity contribution < 1.29 is 27.8 Å². The van der Waals surface area contributed by atoms with Crippen LogP contribution in [0, 0.1) is 20.6 Å². The average Bonchev–Trinajstić information content (AvgIpc) is 2.13. The first-order chi connectivity index (χ1) is 8.23. The molecule has 0 rings (SSSR count). The molecule has 0 bridgehead atoms. The summed E-state index contributed by atoms with van der Waals surface area (Å²) in [5.41, 5.74) is 0. The summed E-state index contributed by atoms with van der Waals surface area (Å²) in [7, 11) is 15.1. The van der Waals surface area contributed by atoms with E-state index in [0.717, 1.165) is 35.1 Å². The van der Waals surface area contributed by atoms with E-state index in [2.05, 4.69) is 80.3 Å². The van der Waals surface area contributed by atoms with Gasteiger partial charge in [0.25, 0.3) is 0 Å². The first kappa shape index (κ1) is 25.6. The summed E-state index contributed by atoms with van der Waals surface area (Å²) in [6.07, 6.45) is 0. The Morgan fingerprint density at radius 3 is 1.15 bits per heavy atom. The van der Waals surface area contributed by atoms with Crippen LogP contribution in [-0.2, 0) is 0 Å². The molecule has 3 nitrogen and oxygen atoms in total. The van der Waals surface area contributed by atoms with E-state index in [1.54, 1.807) is 0 Å². The number of likely N-dealkylation sites (N-methyl/N-ethyl adjacent to an activating group) is 2. The summed E-state index contributed by atoms with van der Waals surface area (Å²) in [6, 6.07) is 0. The molecular weight excluding hydrogens is 257 g/mol. The van der Waals surface area contributed by atoms with Crippen molar-refractivity contribution in [2.45, 2.75) is 26.9 Å². The maximum Gasteiger partial charge on any atom is 1.00 e. The van der Waals surface area contributed by atoms with Crippen LogP contribution >= 0.6 is 0 Å². The average molecular weight is 296 g/mol. The minimum absolute atomic E-state index is 0. The van der Waals surface area contributed by atoms with Crippen LogP contribution in [0.15, 0.2) is 0 Å². The van der Waals surface area contributed by atoms with Crippen LogP contribution in [0.3, 0.4) is 0 Å². The van der Waals surface area contributed by atoms with E-state index in [1.807, 2.05) is 0 Å². The fourth-order valence-corrected chi connectivity index (χ4v) is 3.33. The molecule has 0 atom stereocenters.